The summed E-state index contributed by atoms with van der Waals surface area (Å²) in [5, 5.41) is 0.644. The minimum absolute atomic E-state index is 0.305. The third-order valence-electron chi connectivity index (χ3n) is 2.03. The Labute approximate surface area is 68.2 Å². The first-order valence-corrected chi connectivity index (χ1v) is 4.47. The van der Waals surface area contributed by atoms with Crippen LogP contribution in [0.5, 0.6) is 0 Å². The average molecular weight is 162 g/mol. The van der Waals surface area contributed by atoms with Crippen LogP contribution in [0.4, 0.5) is 0 Å². The molecule has 0 spiro atoms. The van der Waals surface area contributed by atoms with Gasteiger partial charge in [0.1, 0.15) is 0 Å². The fraction of sp³-hybridized carbons (Fsp3) is 1.00. The first-order chi connectivity index (χ1) is 4.10. The Hall–Kier alpha value is 0.700. The van der Waals surface area contributed by atoms with Crippen molar-refractivity contribution in [2.75, 3.05) is 0 Å². The maximum absolute atomic E-state index is 4.52. The van der Waals surface area contributed by atoms with Crippen LogP contribution in [0.1, 0.15) is 32.6 Å². The highest BCUT2D eigenvalue weighted by atomic mass is 32.1. The fourth-order valence-corrected chi connectivity index (χ4v) is 1.74. The van der Waals surface area contributed by atoms with Crippen molar-refractivity contribution in [3.05, 3.63) is 0 Å². The van der Waals surface area contributed by atoms with Crippen molar-refractivity contribution in [2.45, 2.75) is 42.6 Å². The summed E-state index contributed by atoms with van der Waals surface area (Å²) in [6.07, 6.45) is 4.93. The molecule has 0 aromatic carbocycles. The molecule has 0 aromatic heterocycles. The molecule has 0 heterocycles. The number of rotatable bonds is 0. The Morgan fingerprint density at radius 2 is 1.78 bits per heavy atom. The Balaban J connectivity index is 2.35. The summed E-state index contributed by atoms with van der Waals surface area (Å²) in [6, 6.07) is 0. The van der Waals surface area contributed by atoms with Crippen LogP contribution in [0.3, 0.4) is 0 Å². The van der Waals surface area contributed by atoms with Gasteiger partial charge in [0.2, 0.25) is 0 Å². The van der Waals surface area contributed by atoms with E-state index in [-0.39, 0.29) is 0 Å². The summed E-state index contributed by atoms with van der Waals surface area (Å²) in [7, 11) is 0. The van der Waals surface area contributed by atoms with Gasteiger partial charge >= 0.3 is 0 Å². The number of thiol groups is 2. The number of hydrogen-bond acceptors (Lipinski definition) is 2. The van der Waals surface area contributed by atoms with Crippen LogP contribution in [-0.2, 0) is 0 Å². The Bertz CT molecular complexity index is 89.1. The molecule has 54 valence electrons. The third kappa shape index (κ3) is 2.42. The van der Waals surface area contributed by atoms with Crippen LogP contribution in [-0.4, -0.2) is 10.00 Å². The molecule has 9 heavy (non-hydrogen) atoms. The van der Waals surface area contributed by atoms with Gasteiger partial charge in [-0.2, -0.15) is 25.3 Å². The van der Waals surface area contributed by atoms with E-state index in [2.05, 4.69) is 32.2 Å². The van der Waals surface area contributed by atoms with Crippen LogP contribution < -0.4 is 0 Å². The molecule has 1 saturated carbocycles. The Morgan fingerprint density at radius 3 is 2.11 bits per heavy atom. The van der Waals surface area contributed by atoms with E-state index >= 15 is 0 Å². The molecule has 1 rings (SSSR count). The van der Waals surface area contributed by atoms with E-state index in [1.165, 1.54) is 25.7 Å². The van der Waals surface area contributed by atoms with Crippen molar-refractivity contribution in [3.8, 4) is 0 Å². The quantitative estimate of drug-likeness (QED) is 0.503. The third-order valence-corrected chi connectivity index (χ3v) is 3.00. The van der Waals surface area contributed by atoms with Gasteiger partial charge in [-0.25, -0.2) is 0 Å². The normalized spacial score (nSPS) is 45.0. The highest BCUT2D eigenvalue weighted by Gasteiger charge is 2.25. The Kier molecular flexibility index (Phi) is 2.38. The maximum atomic E-state index is 4.52. The van der Waals surface area contributed by atoms with Crippen molar-refractivity contribution in [1.82, 2.24) is 0 Å². The highest BCUT2D eigenvalue weighted by Crippen LogP contribution is 2.34. The first kappa shape index (κ1) is 7.80. The van der Waals surface area contributed by atoms with Gasteiger partial charge < -0.3 is 0 Å². The Morgan fingerprint density at radius 1 is 1.33 bits per heavy atom. The van der Waals surface area contributed by atoms with Gasteiger partial charge in [-0.1, -0.05) is 6.92 Å². The van der Waals surface area contributed by atoms with Gasteiger partial charge in [-0.05, 0) is 25.7 Å². The molecule has 0 radical (unpaired) electrons. The topological polar surface area (TPSA) is 0 Å². The van der Waals surface area contributed by atoms with E-state index < -0.39 is 0 Å². The van der Waals surface area contributed by atoms with Gasteiger partial charge in [-0.15, -0.1) is 0 Å². The molecule has 1 fully saturated rings. The van der Waals surface area contributed by atoms with Gasteiger partial charge in [0.15, 0.2) is 0 Å². The molecular weight excluding hydrogens is 148 g/mol. The molecule has 2 heteroatoms. The van der Waals surface area contributed by atoms with Crippen LogP contribution in [0.25, 0.3) is 0 Å². The van der Waals surface area contributed by atoms with Crippen LogP contribution in [0.15, 0.2) is 0 Å². The van der Waals surface area contributed by atoms with Crippen molar-refractivity contribution in [2.24, 2.45) is 0 Å². The average Bonchev–Trinajstić information content (AvgIpc) is 1.78. The minimum atomic E-state index is 0.305. The zero-order valence-electron chi connectivity index (χ0n) is 5.80. The van der Waals surface area contributed by atoms with Gasteiger partial charge in [0, 0.05) is 10.00 Å². The summed E-state index contributed by atoms with van der Waals surface area (Å²) in [5.74, 6) is 0. The summed E-state index contributed by atoms with van der Waals surface area (Å²) in [5.41, 5.74) is 0. The summed E-state index contributed by atoms with van der Waals surface area (Å²) in [6.45, 7) is 2.22. The monoisotopic (exact) mass is 162 g/mol. The molecule has 1 aliphatic rings. The molecule has 0 saturated heterocycles. The van der Waals surface area contributed by atoms with Crippen LogP contribution in [0, 0.1) is 0 Å². The fourth-order valence-electron chi connectivity index (χ4n) is 1.22. The smallest absolute Gasteiger partial charge is 0.0102 e. The highest BCUT2D eigenvalue weighted by molar-refractivity contribution is 7.82. The minimum Gasteiger partial charge on any atom is -0.176 e. The van der Waals surface area contributed by atoms with Crippen LogP contribution >= 0.6 is 25.3 Å². The largest absolute Gasteiger partial charge is 0.176 e. The number of hydrogen-bond donors (Lipinski definition) is 2. The molecule has 0 N–H and O–H groups in total. The van der Waals surface area contributed by atoms with Crippen LogP contribution in [0.2, 0.25) is 0 Å². The second-order valence-electron chi connectivity index (χ2n) is 3.23. The van der Waals surface area contributed by atoms with Crippen molar-refractivity contribution in [1.29, 1.82) is 0 Å². The van der Waals surface area contributed by atoms with Crippen molar-refractivity contribution >= 4 is 25.3 Å². The van der Waals surface area contributed by atoms with Crippen molar-refractivity contribution < 1.29 is 0 Å². The summed E-state index contributed by atoms with van der Waals surface area (Å²) >= 11 is 8.93. The van der Waals surface area contributed by atoms with E-state index in [0.29, 0.717) is 10.00 Å². The SMILES string of the molecule is CC1(S)CCC(S)CC1. The molecule has 0 amide bonds. The first-order valence-electron chi connectivity index (χ1n) is 3.51. The lowest BCUT2D eigenvalue weighted by Gasteiger charge is -2.31. The predicted molar refractivity (Wildman–Crippen MR) is 48.6 cm³/mol. The van der Waals surface area contributed by atoms with Gasteiger partial charge in [0.25, 0.3) is 0 Å². The van der Waals surface area contributed by atoms with E-state index in [0.717, 1.165) is 0 Å². The van der Waals surface area contributed by atoms with Gasteiger partial charge in [-0.3, -0.25) is 0 Å². The summed E-state index contributed by atoms with van der Waals surface area (Å²) in [4.78, 5) is 0. The van der Waals surface area contributed by atoms with E-state index in [1.807, 2.05) is 0 Å². The predicted octanol–water partition coefficient (Wildman–Crippen LogP) is 2.55. The lowest BCUT2D eigenvalue weighted by molar-refractivity contribution is 0.435. The molecular formula is C7H14S2. The molecule has 0 bridgehead atoms. The zero-order valence-corrected chi connectivity index (χ0v) is 7.59. The van der Waals surface area contributed by atoms with E-state index in [1.54, 1.807) is 0 Å². The standard InChI is InChI=1S/C7H14S2/c1-7(9)4-2-6(8)3-5-7/h6,8-9H,2-5H2,1H3. The molecule has 1 aliphatic carbocycles. The molecule has 0 nitrogen and oxygen atoms in total. The second-order valence-corrected chi connectivity index (χ2v) is 5.04. The van der Waals surface area contributed by atoms with Crippen molar-refractivity contribution in [3.63, 3.8) is 0 Å². The maximum Gasteiger partial charge on any atom is 0.0102 e. The lowest BCUT2D eigenvalue weighted by atomic mass is 9.89. The molecule has 0 aliphatic heterocycles. The molecule has 0 atom stereocenters. The van der Waals surface area contributed by atoms with Gasteiger partial charge in [0.05, 0.1) is 0 Å². The molecule has 0 unspecified atom stereocenters. The lowest BCUT2D eigenvalue weighted by Crippen LogP contribution is -2.25. The molecule has 0 aromatic rings. The van der Waals surface area contributed by atoms with E-state index in [4.69, 9.17) is 0 Å². The van der Waals surface area contributed by atoms with E-state index in [9.17, 15) is 0 Å². The zero-order chi connectivity index (χ0) is 6.91. The summed E-state index contributed by atoms with van der Waals surface area (Å²) < 4.78 is 0.305. The second kappa shape index (κ2) is 2.75.